The average molecular weight is 404 g/mol. The number of benzene rings is 2. The van der Waals surface area contributed by atoms with Crippen molar-refractivity contribution >= 4 is 23.4 Å². The molecule has 4 rings (SSSR count). The van der Waals surface area contributed by atoms with Gasteiger partial charge < -0.3 is 9.73 Å². The number of amides is 1. The van der Waals surface area contributed by atoms with Gasteiger partial charge >= 0.3 is 0 Å². The highest BCUT2D eigenvalue weighted by Gasteiger charge is 2.19. The van der Waals surface area contributed by atoms with Crippen molar-refractivity contribution in [1.82, 2.24) is 14.8 Å². The maximum atomic E-state index is 12.5. The smallest absolute Gasteiger partial charge is 0.234 e. The molecule has 4 aromatic rings. The van der Waals surface area contributed by atoms with Crippen LogP contribution in [0.1, 0.15) is 11.1 Å². The van der Waals surface area contributed by atoms with Crippen molar-refractivity contribution in [2.24, 2.45) is 0 Å². The molecule has 0 fully saturated rings. The van der Waals surface area contributed by atoms with E-state index in [0.717, 1.165) is 22.5 Å². The number of furan rings is 1. The molecule has 0 spiro atoms. The highest BCUT2D eigenvalue weighted by atomic mass is 32.2. The molecule has 0 bridgehead atoms. The van der Waals surface area contributed by atoms with Gasteiger partial charge in [-0.2, -0.15) is 0 Å². The minimum Gasteiger partial charge on any atom is -0.461 e. The molecule has 1 amide bonds. The fourth-order valence-electron chi connectivity index (χ4n) is 3.01. The van der Waals surface area contributed by atoms with E-state index in [9.17, 15) is 4.79 Å². The molecule has 146 valence electrons. The predicted molar refractivity (Wildman–Crippen MR) is 114 cm³/mol. The monoisotopic (exact) mass is 404 g/mol. The van der Waals surface area contributed by atoms with E-state index >= 15 is 0 Å². The molecule has 0 saturated heterocycles. The minimum atomic E-state index is -0.0934. The number of nitrogens with zero attached hydrogens (tertiary/aromatic N) is 3. The molecule has 0 radical (unpaired) electrons. The molecule has 2 heterocycles. The summed E-state index contributed by atoms with van der Waals surface area (Å²) in [6.07, 6.45) is 1.60. The molecule has 1 N–H and O–H groups in total. The van der Waals surface area contributed by atoms with Crippen molar-refractivity contribution in [2.75, 3.05) is 11.1 Å². The third kappa shape index (κ3) is 4.25. The first-order valence-corrected chi connectivity index (χ1v) is 10.1. The topological polar surface area (TPSA) is 73.0 Å². The Kier molecular flexibility index (Phi) is 5.48. The van der Waals surface area contributed by atoms with E-state index in [1.807, 2.05) is 79.1 Å². The summed E-state index contributed by atoms with van der Waals surface area (Å²) < 4.78 is 7.41. The van der Waals surface area contributed by atoms with Gasteiger partial charge in [-0.15, -0.1) is 10.2 Å². The van der Waals surface area contributed by atoms with Gasteiger partial charge in [0.05, 0.1) is 12.0 Å². The standard InChI is InChI=1S/C22H20N4O2S/c1-15-10-11-18(16(2)13-15)23-20(27)14-29-22-25-24-21(19-9-6-12-28-19)26(22)17-7-4-3-5-8-17/h3-13H,14H2,1-2H3,(H,23,27). The van der Waals surface area contributed by atoms with Crippen LogP contribution in [-0.4, -0.2) is 26.4 Å². The van der Waals surface area contributed by atoms with Gasteiger partial charge in [0, 0.05) is 11.4 Å². The number of carbonyl (C=O) groups excluding carboxylic acids is 1. The SMILES string of the molecule is Cc1ccc(NC(=O)CSc2nnc(-c3ccco3)n2-c2ccccc2)c(C)c1. The Morgan fingerprint density at radius 2 is 1.90 bits per heavy atom. The molecule has 0 unspecified atom stereocenters. The van der Waals surface area contributed by atoms with Crippen LogP contribution in [0.4, 0.5) is 5.69 Å². The fraction of sp³-hybridized carbons (Fsp3) is 0.136. The molecule has 29 heavy (non-hydrogen) atoms. The normalized spacial score (nSPS) is 10.8. The number of nitrogens with one attached hydrogen (secondary N) is 1. The second kappa shape index (κ2) is 8.36. The van der Waals surface area contributed by atoms with Gasteiger partial charge in [-0.1, -0.05) is 47.7 Å². The molecular weight excluding hydrogens is 384 g/mol. The van der Waals surface area contributed by atoms with E-state index in [0.29, 0.717) is 16.7 Å². The van der Waals surface area contributed by atoms with Crippen LogP contribution in [-0.2, 0) is 4.79 Å². The Hall–Kier alpha value is -3.32. The highest BCUT2D eigenvalue weighted by molar-refractivity contribution is 7.99. The largest absolute Gasteiger partial charge is 0.461 e. The Labute approximate surface area is 173 Å². The Balaban J connectivity index is 1.55. The van der Waals surface area contributed by atoms with Crippen LogP contribution in [0.2, 0.25) is 0 Å². The van der Waals surface area contributed by atoms with E-state index in [2.05, 4.69) is 15.5 Å². The van der Waals surface area contributed by atoms with Crippen molar-refractivity contribution in [3.05, 3.63) is 78.1 Å². The zero-order valence-electron chi connectivity index (χ0n) is 16.1. The predicted octanol–water partition coefficient (Wildman–Crippen LogP) is 4.87. The van der Waals surface area contributed by atoms with Crippen LogP contribution in [0, 0.1) is 13.8 Å². The molecule has 7 heteroatoms. The summed E-state index contributed by atoms with van der Waals surface area (Å²) in [7, 11) is 0. The summed E-state index contributed by atoms with van der Waals surface area (Å²) >= 11 is 1.33. The molecule has 0 atom stereocenters. The first kappa shape index (κ1) is 19.0. The van der Waals surface area contributed by atoms with Crippen LogP contribution >= 0.6 is 11.8 Å². The number of aryl methyl sites for hydroxylation is 2. The van der Waals surface area contributed by atoms with Gasteiger partial charge in [-0.25, -0.2) is 0 Å². The number of anilines is 1. The maximum absolute atomic E-state index is 12.5. The Morgan fingerprint density at radius 1 is 1.07 bits per heavy atom. The van der Waals surface area contributed by atoms with E-state index in [1.54, 1.807) is 6.26 Å². The number of aromatic nitrogens is 3. The quantitative estimate of drug-likeness (QED) is 0.464. The van der Waals surface area contributed by atoms with Crippen molar-refractivity contribution in [2.45, 2.75) is 19.0 Å². The molecule has 2 aromatic heterocycles. The van der Waals surface area contributed by atoms with Crippen molar-refractivity contribution in [1.29, 1.82) is 0 Å². The molecular formula is C22H20N4O2S. The molecule has 0 aliphatic heterocycles. The van der Waals surface area contributed by atoms with Crippen LogP contribution in [0.25, 0.3) is 17.3 Å². The summed E-state index contributed by atoms with van der Waals surface area (Å²) in [6, 6.07) is 19.4. The summed E-state index contributed by atoms with van der Waals surface area (Å²) in [4.78, 5) is 12.5. The van der Waals surface area contributed by atoms with Crippen molar-refractivity contribution in [3.63, 3.8) is 0 Å². The summed E-state index contributed by atoms with van der Waals surface area (Å²) in [5.74, 6) is 1.34. The second-order valence-electron chi connectivity index (χ2n) is 6.61. The van der Waals surface area contributed by atoms with Crippen LogP contribution in [0.15, 0.2) is 76.5 Å². The van der Waals surface area contributed by atoms with Gasteiger partial charge in [0.1, 0.15) is 0 Å². The first-order chi connectivity index (χ1) is 14.1. The lowest BCUT2D eigenvalue weighted by Gasteiger charge is -2.10. The van der Waals surface area contributed by atoms with Crippen LogP contribution in [0.3, 0.4) is 0 Å². The molecule has 6 nitrogen and oxygen atoms in total. The van der Waals surface area contributed by atoms with E-state index < -0.39 is 0 Å². The van der Waals surface area contributed by atoms with E-state index in [4.69, 9.17) is 4.42 Å². The fourth-order valence-corrected chi connectivity index (χ4v) is 3.76. The third-order valence-electron chi connectivity index (χ3n) is 4.38. The zero-order valence-corrected chi connectivity index (χ0v) is 16.9. The summed E-state index contributed by atoms with van der Waals surface area (Å²) in [5, 5.41) is 12.2. The number of carbonyl (C=O) groups is 1. The lowest BCUT2D eigenvalue weighted by atomic mass is 10.1. The van der Waals surface area contributed by atoms with Gasteiger partial charge in [0.25, 0.3) is 0 Å². The molecule has 0 aliphatic carbocycles. The number of rotatable bonds is 6. The first-order valence-electron chi connectivity index (χ1n) is 9.16. The van der Waals surface area contributed by atoms with Crippen LogP contribution in [0.5, 0.6) is 0 Å². The van der Waals surface area contributed by atoms with Crippen LogP contribution < -0.4 is 5.32 Å². The lowest BCUT2D eigenvalue weighted by Crippen LogP contribution is -2.15. The van der Waals surface area contributed by atoms with Gasteiger partial charge in [0.2, 0.25) is 11.7 Å². The molecule has 0 aliphatic rings. The summed E-state index contributed by atoms with van der Waals surface area (Å²) in [6.45, 7) is 4.01. The van der Waals surface area contributed by atoms with Gasteiger partial charge in [-0.05, 0) is 49.7 Å². The summed E-state index contributed by atoms with van der Waals surface area (Å²) in [5.41, 5.74) is 3.93. The molecule has 0 saturated carbocycles. The lowest BCUT2D eigenvalue weighted by molar-refractivity contribution is -0.113. The number of para-hydroxylation sites is 1. The van der Waals surface area contributed by atoms with Crippen molar-refractivity contribution < 1.29 is 9.21 Å². The maximum Gasteiger partial charge on any atom is 0.234 e. The Morgan fingerprint density at radius 3 is 2.62 bits per heavy atom. The number of hydrogen-bond acceptors (Lipinski definition) is 5. The van der Waals surface area contributed by atoms with E-state index in [1.165, 1.54) is 11.8 Å². The zero-order chi connectivity index (χ0) is 20.2. The van der Waals surface area contributed by atoms with E-state index in [-0.39, 0.29) is 11.7 Å². The highest BCUT2D eigenvalue weighted by Crippen LogP contribution is 2.28. The second-order valence-corrected chi connectivity index (χ2v) is 7.55. The molecule has 2 aromatic carbocycles. The number of hydrogen-bond donors (Lipinski definition) is 1. The van der Waals surface area contributed by atoms with Gasteiger partial charge in [0.15, 0.2) is 10.9 Å². The number of thioether (sulfide) groups is 1. The third-order valence-corrected chi connectivity index (χ3v) is 5.31. The van der Waals surface area contributed by atoms with Crippen molar-refractivity contribution in [3.8, 4) is 17.3 Å². The Bertz CT molecular complexity index is 1120. The van der Waals surface area contributed by atoms with Gasteiger partial charge in [-0.3, -0.25) is 9.36 Å². The minimum absolute atomic E-state index is 0.0934. The average Bonchev–Trinajstić information content (AvgIpc) is 3.38.